The molecule has 1 fully saturated rings. The lowest BCUT2D eigenvalue weighted by Gasteiger charge is -2.24. The molecule has 1 aliphatic rings. The third kappa shape index (κ3) is 2.95. The molecule has 6 heteroatoms. The first-order chi connectivity index (χ1) is 10.5. The molecule has 0 spiro atoms. The van der Waals surface area contributed by atoms with E-state index in [0.29, 0.717) is 6.54 Å². The molecular weight excluding hydrogens is 369 g/mol. The molecule has 0 bridgehead atoms. The van der Waals surface area contributed by atoms with Crippen molar-refractivity contribution in [2.24, 2.45) is 0 Å². The van der Waals surface area contributed by atoms with Gasteiger partial charge in [-0.1, -0.05) is 28.1 Å². The van der Waals surface area contributed by atoms with Crippen molar-refractivity contribution < 1.29 is 12.8 Å². The van der Waals surface area contributed by atoms with Gasteiger partial charge >= 0.3 is 0 Å². The summed E-state index contributed by atoms with van der Waals surface area (Å²) in [4.78, 5) is 0.282. The zero-order chi connectivity index (χ0) is 15.7. The fraction of sp³-hybridized carbons (Fsp3) is 0.250. The van der Waals surface area contributed by atoms with Gasteiger partial charge in [0.15, 0.2) is 0 Å². The Balaban J connectivity index is 1.95. The monoisotopic (exact) mass is 383 g/mol. The number of sulfonamides is 1. The summed E-state index contributed by atoms with van der Waals surface area (Å²) in [5.74, 6) is -0.316. The molecule has 2 aromatic rings. The molecule has 0 aromatic heterocycles. The molecule has 3 rings (SSSR count). The molecule has 0 N–H and O–H groups in total. The summed E-state index contributed by atoms with van der Waals surface area (Å²) in [7, 11) is -3.54. The Bertz CT molecular complexity index is 760. The maximum Gasteiger partial charge on any atom is 0.243 e. The van der Waals surface area contributed by atoms with Gasteiger partial charge in [-0.05, 0) is 54.8 Å². The van der Waals surface area contributed by atoms with Crippen LogP contribution >= 0.6 is 15.9 Å². The summed E-state index contributed by atoms with van der Waals surface area (Å²) < 4.78 is 41.1. The third-order valence-corrected chi connectivity index (χ3v) is 6.33. The first-order valence-corrected chi connectivity index (χ1v) is 9.25. The van der Waals surface area contributed by atoms with Crippen LogP contribution in [0.1, 0.15) is 24.4 Å². The van der Waals surface area contributed by atoms with E-state index < -0.39 is 10.0 Å². The Labute approximate surface area is 137 Å². The molecule has 0 aliphatic carbocycles. The molecule has 0 radical (unpaired) electrons. The Kier molecular flexibility index (Phi) is 4.34. The first kappa shape index (κ1) is 15.6. The van der Waals surface area contributed by atoms with E-state index in [1.165, 1.54) is 16.4 Å². The van der Waals surface area contributed by atoms with Crippen LogP contribution in [0.2, 0.25) is 0 Å². The predicted octanol–water partition coefficient (Wildman–Crippen LogP) is 4.11. The molecule has 2 aromatic carbocycles. The van der Waals surface area contributed by atoms with Crippen molar-refractivity contribution >= 4 is 26.0 Å². The lowest BCUT2D eigenvalue weighted by molar-refractivity contribution is 0.396. The number of rotatable bonds is 3. The average molecular weight is 384 g/mol. The molecule has 22 heavy (non-hydrogen) atoms. The van der Waals surface area contributed by atoms with Crippen molar-refractivity contribution in [3.63, 3.8) is 0 Å². The lowest BCUT2D eigenvalue weighted by Crippen LogP contribution is -2.30. The molecule has 116 valence electrons. The van der Waals surface area contributed by atoms with Gasteiger partial charge in [0.25, 0.3) is 0 Å². The highest BCUT2D eigenvalue weighted by Crippen LogP contribution is 2.36. The molecule has 1 aliphatic heterocycles. The predicted molar refractivity (Wildman–Crippen MR) is 86.4 cm³/mol. The maximum absolute atomic E-state index is 13.1. The van der Waals surface area contributed by atoms with Crippen LogP contribution in [0.4, 0.5) is 4.39 Å². The maximum atomic E-state index is 13.1. The Morgan fingerprint density at radius 1 is 1.05 bits per heavy atom. The smallest absolute Gasteiger partial charge is 0.207 e. The average Bonchev–Trinajstić information content (AvgIpc) is 2.99. The van der Waals surface area contributed by atoms with Gasteiger partial charge in [-0.3, -0.25) is 0 Å². The minimum absolute atomic E-state index is 0.228. The molecule has 0 amide bonds. The lowest BCUT2D eigenvalue weighted by atomic mass is 10.1. The van der Waals surface area contributed by atoms with Gasteiger partial charge in [0.05, 0.1) is 10.9 Å². The summed E-state index contributed by atoms with van der Waals surface area (Å²) in [5, 5.41) is 0. The van der Waals surface area contributed by atoms with E-state index in [-0.39, 0.29) is 16.8 Å². The van der Waals surface area contributed by atoms with Crippen LogP contribution in [0.25, 0.3) is 0 Å². The molecule has 1 heterocycles. The summed E-state index contributed by atoms with van der Waals surface area (Å²) in [6.07, 6.45) is 1.55. The third-order valence-electron chi connectivity index (χ3n) is 3.88. The molecule has 1 saturated heterocycles. The molecule has 1 atom stereocenters. The van der Waals surface area contributed by atoms with Crippen molar-refractivity contribution in [3.05, 3.63) is 64.4 Å². The molecule has 0 saturated carbocycles. The van der Waals surface area contributed by atoms with E-state index in [0.717, 1.165) is 22.9 Å². The first-order valence-electron chi connectivity index (χ1n) is 7.01. The fourth-order valence-corrected chi connectivity index (χ4v) is 4.73. The molecule has 3 nitrogen and oxygen atoms in total. The van der Waals surface area contributed by atoms with Crippen LogP contribution in [0.3, 0.4) is 0 Å². The van der Waals surface area contributed by atoms with Gasteiger partial charge in [0.1, 0.15) is 5.82 Å². The summed E-state index contributed by atoms with van der Waals surface area (Å²) >= 11 is 3.31. The van der Waals surface area contributed by atoms with Crippen molar-refractivity contribution in [1.29, 1.82) is 0 Å². The zero-order valence-corrected chi connectivity index (χ0v) is 14.1. The summed E-state index contributed by atoms with van der Waals surface area (Å²) in [6, 6.07) is 12.5. The molecular formula is C16H15BrFNO2S. The van der Waals surface area contributed by atoms with Crippen molar-refractivity contribution in [2.75, 3.05) is 6.54 Å². The van der Waals surface area contributed by atoms with Crippen molar-refractivity contribution in [3.8, 4) is 0 Å². The van der Waals surface area contributed by atoms with E-state index in [4.69, 9.17) is 0 Å². The quantitative estimate of drug-likeness (QED) is 0.799. The summed E-state index contributed by atoms with van der Waals surface area (Å²) in [5.41, 5.74) is 0.833. The van der Waals surface area contributed by atoms with Gasteiger partial charge in [-0.2, -0.15) is 4.31 Å². The number of benzene rings is 2. The van der Waals surface area contributed by atoms with Crippen LogP contribution in [0.15, 0.2) is 57.9 Å². The normalized spacial score (nSPS) is 19.5. The van der Waals surface area contributed by atoms with Crippen LogP contribution in [0.5, 0.6) is 0 Å². The van der Waals surface area contributed by atoms with Gasteiger partial charge < -0.3 is 0 Å². The van der Waals surface area contributed by atoms with E-state index in [1.807, 2.05) is 0 Å². The van der Waals surface area contributed by atoms with Crippen molar-refractivity contribution in [1.82, 2.24) is 4.31 Å². The van der Waals surface area contributed by atoms with Crippen molar-refractivity contribution in [2.45, 2.75) is 23.8 Å². The SMILES string of the molecule is O=S(=O)(c1ccc(Br)cc1)N1CCC[C@H]1c1ccc(F)cc1. The van der Waals surface area contributed by atoms with E-state index in [9.17, 15) is 12.8 Å². The Morgan fingerprint density at radius 2 is 1.68 bits per heavy atom. The molecule has 0 unspecified atom stereocenters. The highest BCUT2D eigenvalue weighted by atomic mass is 79.9. The second-order valence-corrected chi connectivity index (χ2v) is 8.09. The van der Waals surface area contributed by atoms with Crippen LogP contribution in [0, 0.1) is 5.82 Å². The van der Waals surface area contributed by atoms with Gasteiger partial charge in [-0.25, -0.2) is 12.8 Å². The minimum atomic E-state index is -3.54. The zero-order valence-electron chi connectivity index (χ0n) is 11.7. The van der Waals surface area contributed by atoms with Crippen LogP contribution in [-0.2, 0) is 10.0 Å². The van der Waals surface area contributed by atoms with Crippen LogP contribution in [-0.4, -0.2) is 19.3 Å². The number of halogens is 2. The number of nitrogens with zero attached hydrogens (tertiary/aromatic N) is 1. The standard InChI is InChI=1S/C16H15BrFNO2S/c17-13-5-9-15(10-6-13)22(20,21)19-11-1-2-16(19)12-3-7-14(18)8-4-12/h3-10,16H,1-2,11H2/t16-/m0/s1. The highest BCUT2D eigenvalue weighted by molar-refractivity contribution is 9.10. The summed E-state index contributed by atoms with van der Waals surface area (Å²) in [6.45, 7) is 0.487. The van der Waals surface area contributed by atoms with Gasteiger partial charge in [-0.15, -0.1) is 0 Å². The topological polar surface area (TPSA) is 37.4 Å². The largest absolute Gasteiger partial charge is 0.243 e. The minimum Gasteiger partial charge on any atom is -0.207 e. The second kappa shape index (κ2) is 6.10. The van der Waals surface area contributed by atoms with E-state index in [1.54, 1.807) is 36.4 Å². The number of hydrogen-bond donors (Lipinski definition) is 0. The highest BCUT2D eigenvalue weighted by Gasteiger charge is 2.36. The van der Waals surface area contributed by atoms with Gasteiger partial charge in [0, 0.05) is 11.0 Å². The fourth-order valence-electron chi connectivity index (χ4n) is 2.79. The van der Waals surface area contributed by atoms with E-state index in [2.05, 4.69) is 15.9 Å². The van der Waals surface area contributed by atoms with E-state index >= 15 is 0 Å². The van der Waals surface area contributed by atoms with Crippen LogP contribution < -0.4 is 0 Å². The Hall–Kier alpha value is -1.24. The van der Waals surface area contributed by atoms with Gasteiger partial charge in [0.2, 0.25) is 10.0 Å². The second-order valence-electron chi connectivity index (χ2n) is 5.28. The Morgan fingerprint density at radius 3 is 2.32 bits per heavy atom. The number of hydrogen-bond acceptors (Lipinski definition) is 2.